The van der Waals surface area contributed by atoms with Gasteiger partial charge in [0, 0.05) is 43.4 Å². The quantitative estimate of drug-likeness (QED) is 0.429. The number of benzene rings is 2. The molecule has 0 bridgehead atoms. The van der Waals surface area contributed by atoms with Crippen LogP contribution in [0, 0.1) is 10.1 Å². The van der Waals surface area contributed by atoms with Crippen LogP contribution in [0.5, 0.6) is 5.75 Å². The third-order valence-electron chi connectivity index (χ3n) is 5.32. The summed E-state index contributed by atoms with van der Waals surface area (Å²) in [5, 5.41) is 19.8. The minimum Gasteiger partial charge on any atom is -0.497 e. The highest BCUT2D eigenvalue weighted by atomic mass is 35.5. The fourth-order valence-electron chi connectivity index (χ4n) is 3.52. The molecule has 1 saturated heterocycles. The van der Waals surface area contributed by atoms with Gasteiger partial charge in [0.05, 0.1) is 17.7 Å². The number of hydrogen-bond donors (Lipinski definition) is 0. The van der Waals surface area contributed by atoms with Gasteiger partial charge in [-0.25, -0.2) is 0 Å². The van der Waals surface area contributed by atoms with Crippen LogP contribution >= 0.6 is 11.6 Å². The zero-order valence-electron chi connectivity index (χ0n) is 17.3. The summed E-state index contributed by atoms with van der Waals surface area (Å²) in [6.45, 7) is 2.10. The molecule has 0 radical (unpaired) electrons. The Balaban J connectivity index is 1.39. The van der Waals surface area contributed by atoms with Crippen LogP contribution in [0.3, 0.4) is 0 Å². The Bertz CT molecular complexity index is 1130. The smallest absolute Gasteiger partial charge is 0.288 e. The Kier molecular flexibility index (Phi) is 6.18. The summed E-state index contributed by atoms with van der Waals surface area (Å²) in [6.07, 6.45) is 0. The molecule has 0 atom stereocenters. The summed E-state index contributed by atoms with van der Waals surface area (Å²) in [4.78, 5) is 27.0. The average Bonchev–Trinajstić information content (AvgIpc) is 2.84. The van der Waals surface area contributed by atoms with Crippen molar-refractivity contribution in [3.05, 3.63) is 75.3 Å². The second kappa shape index (κ2) is 9.19. The van der Waals surface area contributed by atoms with E-state index in [1.807, 2.05) is 36.4 Å². The van der Waals surface area contributed by atoms with Gasteiger partial charge >= 0.3 is 0 Å². The van der Waals surface area contributed by atoms with Gasteiger partial charge in [-0.3, -0.25) is 14.9 Å². The molecule has 0 saturated carbocycles. The minimum absolute atomic E-state index is 0.00744. The van der Waals surface area contributed by atoms with Crippen molar-refractivity contribution in [3.63, 3.8) is 0 Å². The molecular weight excluding hydrogens is 434 g/mol. The van der Waals surface area contributed by atoms with Crippen molar-refractivity contribution >= 4 is 29.0 Å². The number of ether oxygens (including phenoxy) is 1. The molecule has 0 unspecified atom stereocenters. The lowest BCUT2D eigenvalue weighted by atomic mass is 10.1. The van der Waals surface area contributed by atoms with Crippen molar-refractivity contribution in [1.82, 2.24) is 15.1 Å². The van der Waals surface area contributed by atoms with Crippen molar-refractivity contribution in [2.75, 3.05) is 38.2 Å². The molecule has 2 heterocycles. The average molecular weight is 454 g/mol. The minimum atomic E-state index is -0.592. The van der Waals surface area contributed by atoms with Crippen LogP contribution < -0.4 is 9.64 Å². The molecule has 0 aliphatic carbocycles. The zero-order chi connectivity index (χ0) is 22.7. The number of hydrogen-bond acceptors (Lipinski definition) is 7. The number of rotatable bonds is 5. The van der Waals surface area contributed by atoms with Gasteiger partial charge in [-0.05, 0) is 48.5 Å². The maximum atomic E-state index is 12.8. The van der Waals surface area contributed by atoms with Crippen molar-refractivity contribution in [2.45, 2.75) is 0 Å². The normalized spacial score (nSPS) is 13.7. The van der Waals surface area contributed by atoms with Crippen LogP contribution in [0.4, 0.5) is 11.5 Å². The third kappa shape index (κ3) is 4.47. The Morgan fingerprint density at radius 1 is 1.03 bits per heavy atom. The largest absolute Gasteiger partial charge is 0.497 e. The van der Waals surface area contributed by atoms with Crippen LogP contribution in [0.2, 0.25) is 5.02 Å². The molecule has 2 aromatic carbocycles. The number of methoxy groups -OCH3 is 1. The molecule has 164 valence electrons. The molecule has 1 aromatic heterocycles. The van der Waals surface area contributed by atoms with E-state index in [1.165, 1.54) is 18.2 Å². The molecular formula is C22H20ClN5O4. The maximum absolute atomic E-state index is 12.8. The van der Waals surface area contributed by atoms with E-state index in [1.54, 1.807) is 12.0 Å². The van der Waals surface area contributed by atoms with Crippen LogP contribution in [0.1, 0.15) is 10.4 Å². The van der Waals surface area contributed by atoms with Gasteiger partial charge in [0.2, 0.25) is 0 Å². The van der Waals surface area contributed by atoms with E-state index in [-0.39, 0.29) is 22.2 Å². The lowest BCUT2D eigenvalue weighted by Crippen LogP contribution is -2.49. The number of anilines is 1. The van der Waals surface area contributed by atoms with Crippen molar-refractivity contribution in [1.29, 1.82) is 0 Å². The zero-order valence-corrected chi connectivity index (χ0v) is 18.0. The number of piperazine rings is 1. The van der Waals surface area contributed by atoms with Gasteiger partial charge in [0.25, 0.3) is 11.6 Å². The number of aromatic nitrogens is 2. The molecule has 4 rings (SSSR count). The predicted octanol–water partition coefficient (Wildman–Crippen LogP) is 3.68. The first kappa shape index (κ1) is 21.5. The van der Waals surface area contributed by atoms with Crippen LogP contribution in [0.25, 0.3) is 11.3 Å². The monoisotopic (exact) mass is 453 g/mol. The SMILES string of the molecule is COc1ccc(-c2ccc(N3CCN(C(=O)c4ccc(Cl)c([N+](=O)[O-])c4)CC3)nn2)cc1. The number of carbonyl (C=O) groups is 1. The first-order valence-corrected chi connectivity index (χ1v) is 10.3. The van der Waals surface area contributed by atoms with Crippen molar-refractivity contribution in [2.24, 2.45) is 0 Å². The molecule has 0 spiro atoms. The Morgan fingerprint density at radius 2 is 1.75 bits per heavy atom. The molecule has 3 aromatic rings. The maximum Gasteiger partial charge on any atom is 0.288 e. The lowest BCUT2D eigenvalue weighted by molar-refractivity contribution is -0.384. The number of carbonyl (C=O) groups excluding carboxylic acids is 1. The van der Waals surface area contributed by atoms with Crippen molar-refractivity contribution in [3.8, 4) is 17.0 Å². The molecule has 1 fully saturated rings. The molecule has 1 aliphatic rings. The van der Waals surface area contributed by atoms with E-state index < -0.39 is 4.92 Å². The summed E-state index contributed by atoms with van der Waals surface area (Å²) >= 11 is 5.84. The first-order chi connectivity index (χ1) is 15.5. The molecule has 10 heteroatoms. The van der Waals surface area contributed by atoms with Gasteiger partial charge in [-0.2, -0.15) is 0 Å². The van der Waals surface area contributed by atoms with Gasteiger partial charge in [-0.1, -0.05) is 11.6 Å². The molecule has 1 amide bonds. The standard InChI is InChI=1S/C22H20ClN5O4/c1-32-17-5-2-15(3-6-17)19-8-9-21(25-24-19)26-10-12-27(13-11-26)22(29)16-4-7-18(23)20(14-16)28(30)31/h2-9,14H,10-13H2,1H3. The molecule has 0 N–H and O–H groups in total. The summed E-state index contributed by atoms with van der Waals surface area (Å²) in [6, 6.07) is 15.5. The van der Waals surface area contributed by atoms with E-state index in [0.29, 0.717) is 26.2 Å². The molecule has 9 nitrogen and oxygen atoms in total. The van der Waals surface area contributed by atoms with E-state index >= 15 is 0 Å². The van der Waals surface area contributed by atoms with Gasteiger partial charge in [-0.15, -0.1) is 10.2 Å². The summed E-state index contributed by atoms with van der Waals surface area (Å²) in [5.74, 6) is 1.25. The van der Waals surface area contributed by atoms with Crippen LogP contribution in [-0.4, -0.2) is 59.2 Å². The first-order valence-electron chi connectivity index (χ1n) is 9.92. The van der Waals surface area contributed by atoms with Crippen LogP contribution in [0.15, 0.2) is 54.6 Å². The number of halogens is 1. The summed E-state index contributed by atoms with van der Waals surface area (Å²) in [5.41, 5.74) is 1.67. The van der Waals surface area contributed by atoms with Crippen LogP contribution in [-0.2, 0) is 0 Å². The van der Waals surface area contributed by atoms with Crippen molar-refractivity contribution < 1.29 is 14.5 Å². The number of nitro groups is 1. The van der Waals surface area contributed by atoms with E-state index in [2.05, 4.69) is 15.1 Å². The molecule has 1 aliphatic heterocycles. The topological polar surface area (TPSA) is 102 Å². The second-order valence-corrected chi connectivity index (χ2v) is 7.62. The highest BCUT2D eigenvalue weighted by Gasteiger charge is 2.25. The van der Waals surface area contributed by atoms with Gasteiger partial charge < -0.3 is 14.5 Å². The lowest BCUT2D eigenvalue weighted by Gasteiger charge is -2.35. The number of nitrogens with zero attached hydrogens (tertiary/aromatic N) is 5. The number of amides is 1. The summed E-state index contributed by atoms with van der Waals surface area (Å²) in [7, 11) is 1.62. The number of nitro benzene ring substituents is 1. The highest BCUT2D eigenvalue weighted by molar-refractivity contribution is 6.32. The Labute approximate surface area is 189 Å². The highest BCUT2D eigenvalue weighted by Crippen LogP contribution is 2.26. The fraction of sp³-hybridized carbons (Fsp3) is 0.227. The van der Waals surface area contributed by atoms with Gasteiger partial charge in [0.1, 0.15) is 10.8 Å². The van der Waals surface area contributed by atoms with Gasteiger partial charge in [0.15, 0.2) is 5.82 Å². The Hall–Kier alpha value is -3.72. The Morgan fingerprint density at radius 3 is 2.34 bits per heavy atom. The van der Waals surface area contributed by atoms with E-state index in [9.17, 15) is 14.9 Å². The fourth-order valence-corrected chi connectivity index (χ4v) is 3.70. The molecule has 32 heavy (non-hydrogen) atoms. The van der Waals surface area contributed by atoms with E-state index in [0.717, 1.165) is 22.8 Å². The summed E-state index contributed by atoms with van der Waals surface area (Å²) < 4.78 is 5.17. The van der Waals surface area contributed by atoms with E-state index in [4.69, 9.17) is 16.3 Å². The second-order valence-electron chi connectivity index (χ2n) is 7.21. The predicted molar refractivity (Wildman–Crippen MR) is 120 cm³/mol. The third-order valence-corrected chi connectivity index (χ3v) is 5.64.